The van der Waals surface area contributed by atoms with Crippen LogP contribution in [0, 0.1) is 0 Å². The summed E-state index contributed by atoms with van der Waals surface area (Å²) < 4.78 is 6.24. The Bertz CT molecular complexity index is 303. The van der Waals surface area contributed by atoms with Gasteiger partial charge in [-0.1, -0.05) is 34.1 Å². The van der Waals surface area contributed by atoms with Gasteiger partial charge in [0.15, 0.2) is 0 Å². The zero-order chi connectivity index (χ0) is 11.3. The van der Waals surface area contributed by atoms with Gasteiger partial charge in [0.25, 0.3) is 0 Å². The Morgan fingerprint density at radius 3 is 2.60 bits per heavy atom. The van der Waals surface area contributed by atoms with Crippen LogP contribution in [0.5, 0.6) is 0 Å². The van der Waals surface area contributed by atoms with Crippen molar-refractivity contribution in [3.8, 4) is 0 Å². The smallest absolute Gasteiger partial charge is 0.0613 e. The average molecular weight is 272 g/mol. The summed E-state index contributed by atoms with van der Waals surface area (Å²) in [6.07, 6.45) is 0. The highest BCUT2D eigenvalue weighted by Crippen LogP contribution is 2.22. The first-order valence-corrected chi connectivity index (χ1v) is 5.94. The van der Waals surface area contributed by atoms with Gasteiger partial charge in [-0.15, -0.1) is 0 Å². The second-order valence-corrected chi connectivity index (χ2v) is 4.62. The summed E-state index contributed by atoms with van der Waals surface area (Å²) in [6.45, 7) is 5.01. The number of benzene rings is 1. The second-order valence-electron chi connectivity index (χ2n) is 3.77. The number of ether oxygens (including phenoxy) is 1. The van der Waals surface area contributed by atoms with Crippen molar-refractivity contribution >= 4 is 15.9 Å². The summed E-state index contributed by atoms with van der Waals surface area (Å²) >= 11 is 3.55. The van der Waals surface area contributed by atoms with Crippen LogP contribution in [0.25, 0.3) is 0 Å². The van der Waals surface area contributed by atoms with E-state index < -0.39 is 0 Å². The highest BCUT2D eigenvalue weighted by molar-refractivity contribution is 9.10. The molecular formula is C12H18BrNO. The van der Waals surface area contributed by atoms with Crippen molar-refractivity contribution in [1.82, 2.24) is 5.32 Å². The second kappa shape index (κ2) is 6.26. The predicted molar refractivity (Wildman–Crippen MR) is 67.0 cm³/mol. The van der Waals surface area contributed by atoms with Gasteiger partial charge in [0.05, 0.1) is 6.61 Å². The lowest BCUT2D eigenvalue weighted by Gasteiger charge is -2.20. The maximum absolute atomic E-state index is 5.10. The Hall–Kier alpha value is -0.380. The maximum atomic E-state index is 5.10. The molecule has 0 amide bonds. The van der Waals surface area contributed by atoms with Gasteiger partial charge in [0.2, 0.25) is 0 Å². The van der Waals surface area contributed by atoms with Crippen LogP contribution in [0.4, 0.5) is 0 Å². The Kier molecular flexibility index (Phi) is 5.29. The first-order chi connectivity index (χ1) is 7.15. The van der Waals surface area contributed by atoms with E-state index in [0.29, 0.717) is 12.1 Å². The summed E-state index contributed by atoms with van der Waals surface area (Å²) in [4.78, 5) is 0. The quantitative estimate of drug-likeness (QED) is 0.889. The van der Waals surface area contributed by atoms with Crippen molar-refractivity contribution in [2.75, 3.05) is 13.7 Å². The molecule has 1 rings (SSSR count). The molecular weight excluding hydrogens is 254 g/mol. The van der Waals surface area contributed by atoms with Crippen LogP contribution in [-0.4, -0.2) is 19.8 Å². The van der Waals surface area contributed by atoms with E-state index in [9.17, 15) is 0 Å². The third-order valence-electron chi connectivity index (χ3n) is 2.32. The number of nitrogens with one attached hydrogen (secondary N) is 1. The Morgan fingerprint density at radius 2 is 2.00 bits per heavy atom. The Morgan fingerprint density at radius 1 is 1.33 bits per heavy atom. The zero-order valence-corrected chi connectivity index (χ0v) is 11.0. The number of hydrogen-bond acceptors (Lipinski definition) is 2. The Labute approximate surface area is 100 Å². The van der Waals surface area contributed by atoms with Crippen molar-refractivity contribution in [3.63, 3.8) is 0 Å². The predicted octanol–water partition coefficient (Wildman–Crippen LogP) is 3.13. The summed E-state index contributed by atoms with van der Waals surface area (Å²) in [5, 5.41) is 3.48. The van der Waals surface area contributed by atoms with Crippen LogP contribution < -0.4 is 5.32 Å². The molecule has 0 spiro atoms. The van der Waals surface area contributed by atoms with Gasteiger partial charge in [-0.3, -0.25) is 0 Å². The molecule has 0 saturated heterocycles. The molecule has 0 radical (unpaired) electrons. The van der Waals surface area contributed by atoms with Crippen molar-refractivity contribution in [3.05, 3.63) is 34.3 Å². The van der Waals surface area contributed by atoms with Crippen LogP contribution in [0.3, 0.4) is 0 Å². The zero-order valence-electron chi connectivity index (χ0n) is 9.46. The van der Waals surface area contributed by atoms with Crippen LogP contribution >= 0.6 is 15.9 Å². The van der Waals surface area contributed by atoms with Gasteiger partial charge >= 0.3 is 0 Å². The SMILES string of the molecule is COCC(C)NC(C)c1ccccc1Br. The van der Waals surface area contributed by atoms with E-state index in [-0.39, 0.29) is 0 Å². The van der Waals surface area contributed by atoms with Gasteiger partial charge in [-0.05, 0) is 25.5 Å². The molecule has 0 aliphatic heterocycles. The van der Waals surface area contributed by atoms with Crippen molar-refractivity contribution < 1.29 is 4.74 Å². The summed E-state index contributed by atoms with van der Waals surface area (Å²) in [5.74, 6) is 0. The molecule has 1 N–H and O–H groups in total. The van der Waals surface area contributed by atoms with Crippen LogP contribution in [0.1, 0.15) is 25.5 Å². The van der Waals surface area contributed by atoms with Crippen molar-refractivity contribution in [2.24, 2.45) is 0 Å². The highest BCUT2D eigenvalue weighted by Gasteiger charge is 2.11. The lowest BCUT2D eigenvalue weighted by atomic mass is 10.1. The van der Waals surface area contributed by atoms with Crippen LogP contribution in [0.2, 0.25) is 0 Å². The van der Waals surface area contributed by atoms with Crippen molar-refractivity contribution in [1.29, 1.82) is 0 Å². The van der Waals surface area contributed by atoms with E-state index in [4.69, 9.17) is 4.74 Å². The molecule has 2 unspecified atom stereocenters. The fourth-order valence-electron chi connectivity index (χ4n) is 1.64. The number of methoxy groups -OCH3 is 1. The molecule has 0 saturated carbocycles. The summed E-state index contributed by atoms with van der Waals surface area (Å²) in [7, 11) is 1.72. The first kappa shape index (κ1) is 12.7. The fraction of sp³-hybridized carbons (Fsp3) is 0.500. The Balaban J connectivity index is 2.61. The van der Waals surface area contributed by atoms with E-state index in [0.717, 1.165) is 11.1 Å². The van der Waals surface area contributed by atoms with Crippen LogP contribution in [-0.2, 0) is 4.74 Å². The van der Waals surface area contributed by atoms with Gasteiger partial charge in [0, 0.05) is 23.7 Å². The highest BCUT2D eigenvalue weighted by atomic mass is 79.9. The molecule has 0 fully saturated rings. The van der Waals surface area contributed by atoms with Crippen molar-refractivity contribution in [2.45, 2.75) is 25.9 Å². The topological polar surface area (TPSA) is 21.3 Å². The lowest BCUT2D eigenvalue weighted by Crippen LogP contribution is -2.32. The van der Waals surface area contributed by atoms with Gasteiger partial charge in [0.1, 0.15) is 0 Å². The average Bonchev–Trinajstić information content (AvgIpc) is 2.18. The third-order valence-corrected chi connectivity index (χ3v) is 3.05. The first-order valence-electron chi connectivity index (χ1n) is 5.14. The molecule has 2 nitrogen and oxygen atoms in total. The largest absolute Gasteiger partial charge is 0.383 e. The maximum Gasteiger partial charge on any atom is 0.0613 e. The molecule has 0 heterocycles. The number of rotatable bonds is 5. The molecule has 15 heavy (non-hydrogen) atoms. The monoisotopic (exact) mass is 271 g/mol. The fourth-order valence-corrected chi connectivity index (χ4v) is 2.27. The molecule has 1 aromatic carbocycles. The molecule has 0 aliphatic carbocycles. The number of hydrogen-bond donors (Lipinski definition) is 1. The standard InChI is InChI=1S/C12H18BrNO/c1-9(8-15-3)14-10(2)11-6-4-5-7-12(11)13/h4-7,9-10,14H,8H2,1-3H3. The van der Waals surface area contributed by atoms with Gasteiger partial charge < -0.3 is 10.1 Å². The molecule has 0 aliphatic rings. The molecule has 3 heteroatoms. The minimum Gasteiger partial charge on any atom is -0.383 e. The normalized spacial score (nSPS) is 14.9. The minimum absolute atomic E-state index is 0.325. The van der Waals surface area contributed by atoms with Gasteiger partial charge in [-0.25, -0.2) is 0 Å². The molecule has 0 aromatic heterocycles. The van der Waals surface area contributed by atoms with E-state index >= 15 is 0 Å². The molecule has 1 aromatic rings. The number of halogens is 1. The van der Waals surface area contributed by atoms with E-state index in [1.807, 2.05) is 6.07 Å². The molecule has 84 valence electrons. The van der Waals surface area contributed by atoms with Crippen LogP contribution in [0.15, 0.2) is 28.7 Å². The summed E-state index contributed by atoms with van der Waals surface area (Å²) in [6, 6.07) is 8.95. The third kappa shape index (κ3) is 3.93. The van der Waals surface area contributed by atoms with E-state index in [1.54, 1.807) is 7.11 Å². The molecule has 0 bridgehead atoms. The minimum atomic E-state index is 0.325. The summed E-state index contributed by atoms with van der Waals surface area (Å²) in [5.41, 5.74) is 1.28. The lowest BCUT2D eigenvalue weighted by molar-refractivity contribution is 0.167. The van der Waals surface area contributed by atoms with Gasteiger partial charge in [-0.2, -0.15) is 0 Å². The molecule has 2 atom stereocenters. The van der Waals surface area contributed by atoms with E-state index in [1.165, 1.54) is 5.56 Å². The van der Waals surface area contributed by atoms with E-state index in [2.05, 4.69) is 53.3 Å².